The number of nitrogens with zero attached hydrogens (tertiary/aromatic N) is 6. The van der Waals surface area contributed by atoms with Crippen molar-refractivity contribution in [2.75, 3.05) is 31.1 Å². The van der Waals surface area contributed by atoms with Crippen LogP contribution in [0.3, 0.4) is 0 Å². The van der Waals surface area contributed by atoms with Gasteiger partial charge >= 0.3 is 0 Å². The van der Waals surface area contributed by atoms with Crippen molar-refractivity contribution >= 4 is 22.4 Å². The first-order valence-corrected chi connectivity index (χ1v) is 10.6. The van der Waals surface area contributed by atoms with Crippen LogP contribution >= 0.6 is 0 Å². The second kappa shape index (κ2) is 7.58. The summed E-state index contributed by atoms with van der Waals surface area (Å²) in [6.07, 6.45) is 7.46. The summed E-state index contributed by atoms with van der Waals surface area (Å²) in [6.45, 7) is 3.90. The average molecular weight is 423 g/mol. The molecule has 5 aromatic rings. The summed E-state index contributed by atoms with van der Waals surface area (Å²) in [4.78, 5) is 15.9. The van der Waals surface area contributed by atoms with Crippen molar-refractivity contribution in [3.05, 3.63) is 67.3 Å². The molecular formula is C24H21N7O. The highest BCUT2D eigenvalue weighted by molar-refractivity contribution is 5.98. The van der Waals surface area contributed by atoms with Gasteiger partial charge in [0.2, 0.25) is 5.88 Å². The molecule has 1 aliphatic rings. The van der Waals surface area contributed by atoms with E-state index < -0.39 is 0 Å². The van der Waals surface area contributed by atoms with E-state index in [0.29, 0.717) is 0 Å². The zero-order chi connectivity index (χ0) is 21.5. The summed E-state index contributed by atoms with van der Waals surface area (Å²) in [5.74, 6) is 0.973. The van der Waals surface area contributed by atoms with Crippen molar-refractivity contribution in [2.24, 2.45) is 0 Å². The van der Waals surface area contributed by atoms with Crippen LogP contribution in [-0.4, -0.2) is 55.9 Å². The zero-order valence-electron chi connectivity index (χ0n) is 17.3. The topological polar surface area (TPSA) is 91.5 Å². The summed E-state index contributed by atoms with van der Waals surface area (Å²) in [6, 6.07) is 13.5. The molecule has 8 nitrogen and oxygen atoms in total. The Bertz CT molecular complexity index is 1420. The highest BCUT2D eigenvalue weighted by atomic mass is 16.3. The number of fused-ring (bicyclic) bond motifs is 2. The lowest BCUT2D eigenvalue weighted by molar-refractivity contribution is 0.456. The number of piperazine rings is 1. The Morgan fingerprint density at radius 1 is 0.875 bits per heavy atom. The summed E-state index contributed by atoms with van der Waals surface area (Å²) in [5.41, 5.74) is 5.07. The molecule has 0 radical (unpaired) electrons. The third-order valence-electron chi connectivity index (χ3n) is 5.87. The smallest absolute Gasteiger partial charge is 0.211 e. The molecule has 0 spiro atoms. The Morgan fingerprint density at radius 2 is 1.72 bits per heavy atom. The molecule has 4 aromatic heterocycles. The molecule has 0 saturated carbocycles. The third-order valence-corrected chi connectivity index (χ3v) is 5.87. The Balaban J connectivity index is 1.37. The maximum atomic E-state index is 10.1. The summed E-state index contributed by atoms with van der Waals surface area (Å²) in [5, 5.41) is 18.9. The largest absolute Gasteiger partial charge is 0.493 e. The molecule has 2 N–H and O–H groups in total. The Labute approximate surface area is 184 Å². The summed E-state index contributed by atoms with van der Waals surface area (Å²) in [7, 11) is 0. The van der Waals surface area contributed by atoms with Crippen molar-refractivity contribution in [2.45, 2.75) is 0 Å². The van der Waals surface area contributed by atoms with Gasteiger partial charge in [-0.3, -0.25) is 0 Å². The number of benzene rings is 1. The Hall–Kier alpha value is -4.04. The van der Waals surface area contributed by atoms with E-state index in [1.807, 2.05) is 42.9 Å². The predicted molar refractivity (Wildman–Crippen MR) is 124 cm³/mol. The van der Waals surface area contributed by atoms with Gasteiger partial charge in [-0.1, -0.05) is 18.2 Å². The van der Waals surface area contributed by atoms with Crippen LogP contribution in [0.5, 0.6) is 5.88 Å². The van der Waals surface area contributed by atoms with Gasteiger partial charge in [0.15, 0.2) is 5.65 Å². The van der Waals surface area contributed by atoms with Gasteiger partial charge in [0.1, 0.15) is 5.82 Å². The van der Waals surface area contributed by atoms with Gasteiger partial charge in [0.25, 0.3) is 0 Å². The highest BCUT2D eigenvalue weighted by Crippen LogP contribution is 2.33. The van der Waals surface area contributed by atoms with Gasteiger partial charge in [-0.05, 0) is 18.2 Å². The fraction of sp³-hybridized carbons (Fsp3) is 0.167. The first-order chi connectivity index (χ1) is 15.8. The molecule has 8 heteroatoms. The molecule has 1 fully saturated rings. The van der Waals surface area contributed by atoms with Crippen molar-refractivity contribution in [3.63, 3.8) is 0 Å². The van der Waals surface area contributed by atoms with Crippen molar-refractivity contribution < 1.29 is 5.11 Å². The van der Waals surface area contributed by atoms with Gasteiger partial charge < -0.3 is 15.3 Å². The first-order valence-electron chi connectivity index (χ1n) is 10.6. The fourth-order valence-electron chi connectivity index (χ4n) is 4.24. The van der Waals surface area contributed by atoms with E-state index in [-0.39, 0.29) is 5.88 Å². The zero-order valence-corrected chi connectivity index (χ0v) is 17.3. The number of pyridine rings is 2. The Kier molecular flexibility index (Phi) is 4.43. The molecule has 0 bridgehead atoms. The van der Waals surface area contributed by atoms with Crippen LogP contribution in [0.2, 0.25) is 0 Å². The van der Waals surface area contributed by atoms with E-state index >= 15 is 0 Å². The van der Waals surface area contributed by atoms with Crippen molar-refractivity contribution in [3.8, 4) is 28.1 Å². The average Bonchev–Trinajstić information content (AvgIpc) is 3.27. The van der Waals surface area contributed by atoms with E-state index in [2.05, 4.69) is 37.4 Å². The van der Waals surface area contributed by atoms with E-state index in [4.69, 9.17) is 4.98 Å². The lowest BCUT2D eigenvalue weighted by atomic mass is 10.0. The number of hydrogen-bond donors (Lipinski definition) is 2. The minimum atomic E-state index is -0.0229. The fourth-order valence-corrected chi connectivity index (χ4v) is 4.24. The second-order valence-electron chi connectivity index (χ2n) is 7.86. The lowest BCUT2D eigenvalue weighted by Crippen LogP contribution is -2.43. The SMILES string of the molecule is Oc1cc(-c2cnn3cc(-c4ccc(N5CCNCC5)nc4)cnc23)c2ccccc2n1. The number of rotatable bonds is 3. The molecule has 0 amide bonds. The van der Waals surface area contributed by atoms with Crippen LogP contribution in [0.4, 0.5) is 5.82 Å². The van der Waals surface area contributed by atoms with Crippen LogP contribution in [0.25, 0.3) is 38.8 Å². The highest BCUT2D eigenvalue weighted by Gasteiger charge is 2.15. The molecule has 32 heavy (non-hydrogen) atoms. The van der Waals surface area contributed by atoms with Crippen LogP contribution in [0.15, 0.2) is 67.3 Å². The van der Waals surface area contributed by atoms with Crippen LogP contribution in [0.1, 0.15) is 0 Å². The normalized spacial score (nSPS) is 14.3. The molecule has 6 rings (SSSR count). The molecule has 1 saturated heterocycles. The molecule has 1 aromatic carbocycles. The standard InChI is InChI=1S/C24H21N7O/c32-23-11-19(18-3-1-2-4-21(18)29-23)20-14-28-31-15-17(13-27-24(20)31)16-5-6-22(26-12-16)30-9-7-25-8-10-30/h1-6,11-15,25H,7-10H2,(H,29,32). The number of anilines is 1. The minimum Gasteiger partial charge on any atom is -0.493 e. The monoisotopic (exact) mass is 423 g/mol. The van der Waals surface area contributed by atoms with E-state index in [9.17, 15) is 5.11 Å². The molecule has 1 aliphatic heterocycles. The number of hydrogen-bond acceptors (Lipinski definition) is 7. The molecule has 158 valence electrons. The maximum Gasteiger partial charge on any atom is 0.211 e. The van der Waals surface area contributed by atoms with Gasteiger partial charge in [-0.2, -0.15) is 5.10 Å². The number of para-hydroxylation sites is 1. The lowest BCUT2D eigenvalue weighted by Gasteiger charge is -2.28. The maximum absolute atomic E-state index is 10.1. The number of aromatic nitrogens is 5. The molecule has 0 atom stereocenters. The number of aromatic hydroxyl groups is 1. The van der Waals surface area contributed by atoms with E-state index in [0.717, 1.165) is 70.8 Å². The quantitative estimate of drug-likeness (QED) is 0.461. The van der Waals surface area contributed by atoms with E-state index in [1.165, 1.54) is 0 Å². The van der Waals surface area contributed by atoms with Gasteiger partial charge in [0, 0.05) is 78.5 Å². The number of nitrogens with one attached hydrogen (secondary N) is 1. The molecule has 5 heterocycles. The van der Waals surface area contributed by atoms with Crippen LogP contribution in [-0.2, 0) is 0 Å². The molecular weight excluding hydrogens is 402 g/mol. The molecule has 0 aliphatic carbocycles. The summed E-state index contributed by atoms with van der Waals surface area (Å²) >= 11 is 0. The van der Waals surface area contributed by atoms with Gasteiger partial charge in [-0.15, -0.1) is 0 Å². The molecule has 0 unspecified atom stereocenters. The van der Waals surface area contributed by atoms with Gasteiger partial charge in [-0.25, -0.2) is 19.5 Å². The predicted octanol–water partition coefficient (Wildman–Crippen LogP) is 3.12. The second-order valence-corrected chi connectivity index (χ2v) is 7.86. The third kappa shape index (κ3) is 3.21. The van der Waals surface area contributed by atoms with Gasteiger partial charge in [0.05, 0.1) is 11.7 Å². The minimum absolute atomic E-state index is 0.0229. The summed E-state index contributed by atoms with van der Waals surface area (Å²) < 4.78 is 1.77. The van der Waals surface area contributed by atoms with Crippen LogP contribution in [0, 0.1) is 0 Å². The van der Waals surface area contributed by atoms with Crippen molar-refractivity contribution in [1.29, 1.82) is 0 Å². The van der Waals surface area contributed by atoms with Crippen molar-refractivity contribution in [1.82, 2.24) is 29.9 Å². The first kappa shape index (κ1) is 18.7. The van der Waals surface area contributed by atoms with E-state index in [1.54, 1.807) is 16.8 Å². The Morgan fingerprint density at radius 3 is 2.56 bits per heavy atom. The van der Waals surface area contributed by atoms with Crippen LogP contribution < -0.4 is 10.2 Å².